The molecule has 0 aliphatic carbocycles. The van der Waals surface area contributed by atoms with E-state index in [4.69, 9.17) is 20.9 Å². The summed E-state index contributed by atoms with van der Waals surface area (Å²) in [7, 11) is 3.29. The Morgan fingerprint density at radius 2 is 1.15 bits per heavy atom. The van der Waals surface area contributed by atoms with Gasteiger partial charge in [-0.05, 0) is 35.4 Å². The number of rotatable bonds is 7. The second kappa shape index (κ2) is 8.27. The third-order valence-electron chi connectivity index (χ3n) is 4.26. The molecule has 7 nitrogen and oxygen atoms in total. The first-order chi connectivity index (χ1) is 13.1. The number of nitrogens with two attached hydrogens (primary N) is 2. The van der Waals surface area contributed by atoms with Gasteiger partial charge in [0.25, 0.3) is 0 Å². The molecular formula is C20H23N5O2. The Bertz CT molecular complexity index is 812. The normalized spacial score (nSPS) is 10.4. The van der Waals surface area contributed by atoms with E-state index < -0.39 is 0 Å². The summed E-state index contributed by atoms with van der Waals surface area (Å²) in [5, 5.41) is 0. The lowest BCUT2D eigenvalue weighted by molar-refractivity contribution is 0.414. The van der Waals surface area contributed by atoms with Crippen LogP contribution in [-0.2, 0) is 13.1 Å². The van der Waals surface area contributed by atoms with Gasteiger partial charge in [0.15, 0.2) is 11.6 Å². The number of hydrogen-bond donors (Lipinski definition) is 2. The Morgan fingerprint density at radius 1 is 0.741 bits per heavy atom. The molecule has 2 aromatic carbocycles. The predicted molar refractivity (Wildman–Crippen MR) is 107 cm³/mol. The summed E-state index contributed by atoms with van der Waals surface area (Å²) in [5.41, 5.74) is 15.0. The summed E-state index contributed by atoms with van der Waals surface area (Å²) >= 11 is 0. The summed E-state index contributed by atoms with van der Waals surface area (Å²) in [6.07, 6.45) is 1.37. The molecule has 4 N–H and O–H groups in total. The standard InChI is InChI=1S/C20H23N5O2/c1-26-16-7-3-14(4-8-16)11-25(18-19(21)23-13-24-20(18)22)12-15-5-9-17(27-2)10-6-15/h3-10,13H,11-12H2,1-2H3,(H4,21,22,23,24). The maximum absolute atomic E-state index is 6.11. The van der Waals surface area contributed by atoms with Crippen molar-refractivity contribution in [1.82, 2.24) is 9.97 Å². The van der Waals surface area contributed by atoms with Crippen molar-refractivity contribution in [3.8, 4) is 11.5 Å². The van der Waals surface area contributed by atoms with Gasteiger partial charge >= 0.3 is 0 Å². The van der Waals surface area contributed by atoms with Gasteiger partial charge in [0.05, 0.1) is 14.2 Å². The smallest absolute Gasteiger partial charge is 0.152 e. The van der Waals surface area contributed by atoms with Crippen molar-refractivity contribution in [3.63, 3.8) is 0 Å². The van der Waals surface area contributed by atoms with E-state index in [2.05, 4.69) is 14.9 Å². The largest absolute Gasteiger partial charge is 0.497 e. The lowest BCUT2D eigenvalue weighted by Gasteiger charge is -2.26. The lowest BCUT2D eigenvalue weighted by Crippen LogP contribution is -2.25. The van der Waals surface area contributed by atoms with E-state index >= 15 is 0 Å². The maximum atomic E-state index is 6.11. The number of benzene rings is 2. The van der Waals surface area contributed by atoms with Crippen LogP contribution in [-0.4, -0.2) is 24.2 Å². The molecule has 0 aliphatic rings. The van der Waals surface area contributed by atoms with Crippen LogP contribution in [0.15, 0.2) is 54.9 Å². The van der Waals surface area contributed by atoms with Crippen LogP contribution >= 0.6 is 0 Å². The molecular weight excluding hydrogens is 342 g/mol. The molecule has 7 heteroatoms. The molecule has 27 heavy (non-hydrogen) atoms. The van der Waals surface area contributed by atoms with Gasteiger partial charge in [0.2, 0.25) is 0 Å². The van der Waals surface area contributed by atoms with Crippen LogP contribution in [0.5, 0.6) is 11.5 Å². The predicted octanol–water partition coefficient (Wildman–Crippen LogP) is 2.87. The van der Waals surface area contributed by atoms with Gasteiger partial charge in [-0.2, -0.15) is 0 Å². The fourth-order valence-electron chi connectivity index (χ4n) is 2.85. The minimum Gasteiger partial charge on any atom is -0.497 e. The number of hydrogen-bond acceptors (Lipinski definition) is 7. The molecule has 0 spiro atoms. The zero-order valence-electron chi connectivity index (χ0n) is 15.4. The summed E-state index contributed by atoms with van der Waals surface area (Å²) in [6.45, 7) is 1.19. The Kier molecular flexibility index (Phi) is 5.61. The molecule has 0 saturated heterocycles. The van der Waals surface area contributed by atoms with Gasteiger partial charge < -0.3 is 25.8 Å². The molecule has 0 fully saturated rings. The van der Waals surface area contributed by atoms with Crippen molar-refractivity contribution in [1.29, 1.82) is 0 Å². The summed E-state index contributed by atoms with van der Waals surface area (Å²) in [4.78, 5) is 10.3. The average Bonchev–Trinajstić information content (AvgIpc) is 2.69. The monoisotopic (exact) mass is 365 g/mol. The molecule has 140 valence electrons. The van der Waals surface area contributed by atoms with Crippen molar-refractivity contribution in [2.75, 3.05) is 30.6 Å². The molecule has 3 rings (SSSR count). The van der Waals surface area contributed by atoms with Crippen molar-refractivity contribution in [2.24, 2.45) is 0 Å². The molecule has 3 aromatic rings. The van der Waals surface area contributed by atoms with Crippen LogP contribution < -0.4 is 25.8 Å². The summed E-state index contributed by atoms with van der Waals surface area (Å²) < 4.78 is 10.5. The topological polar surface area (TPSA) is 99.5 Å². The van der Waals surface area contributed by atoms with Crippen LogP contribution in [0.25, 0.3) is 0 Å². The Balaban J connectivity index is 1.92. The van der Waals surface area contributed by atoms with E-state index in [0.29, 0.717) is 30.4 Å². The Hall–Kier alpha value is -3.48. The SMILES string of the molecule is COc1ccc(CN(Cc2ccc(OC)cc2)c2c(N)ncnc2N)cc1. The quantitative estimate of drug-likeness (QED) is 0.664. The second-order valence-corrected chi connectivity index (χ2v) is 6.04. The van der Waals surface area contributed by atoms with E-state index in [9.17, 15) is 0 Å². The fourth-order valence-corrected chi connectivity index (χ4v) is 2.85. The zero-order valence-corrected chi connectivity index (χ0v) is 15.4. The second-order valence-electron chi connectivity index (χ2n) is 6.04. The molecule has 0 radical (unpaired) electrons. The highest BCUT2D eigenvalue weighted by Crippen LogP contribution is 2.30. The third kappa shape index (κ3) is 4.38. The van der Waals surface area contributed by atoms with Gasteiger partial charge in [-0.1, -0.05) is 24.3 Å². The summed E-state index contributed by atoms with van der Waals surface area (Å²) in [5.74, 6) is 2.32. The number of ether oxygens (including phenoxy) is 2. The van der Waals surface area contributed by atoms with Crippen LogP contribution in [0.1, 0.15) is 11.1 Å². The number of nitrogen functional groups attached to an aromatic ring is 2. The fraction of sp³-hybridized carbons (Fsp3) is 0.200. The van der Waals surface area contributed by atoms with Crippen molar-refractivity contribution >= 4 is 17.3 Å². The highest BCUT2D eigenvalue weighted by Gasteiger charge is 2.17. The number of nitrogens with zero attached hydrogens (tertiary/aromatic N) is 3. The minimum atomic E-state index is 0.351. The van der Waals surface area contributed by atoms with Gasteiger partial charge in [-0.25, -0.2) is 9.97 Å². The van der Waals surface area contributed by atoms with Crippen molar-refractivity contribution in [3.05, 3.63) is 66.0 Å². The van der Waals surface area contributed by atoms with Crippen LogP contribution in [0.2, 0.25) is 0 Å². The van der Waals surface area contributed by atoms with E-state index in [-0.39, 0.29) is 0 Å². The first kappa shape index (κ1) is 18.3. The molecule has 0 amide bonds. The molecule has 1 aromatic heterocycles. The van der Waals surface area contributed by atoms with Gasteiger partial charge in [0.1, 0.15) is 23.5 Å². The van der Waals surface area contributed by atoms with Gasteiger partial charge in [-0.3, -0.25) is 0 Å². The maximum Gasteiger partial charge on any atom is 0.152 e. The highest BCUT2D eigenvalue weighted by atomic mass is 16.5. The van der Waals surface area contributed by atoms with Crippen LogP contribution in [0.3, 0.4) is 0 Å². The Labute approximate surface area is 158 Å². The third-order valence-corrected chi connectivity index (χ3v) is 4.26. The van der Waals surface area contributed by atoms with Crippen molar-refractivity contribution < 1.29 is 9.47 Å². The molecule has 0 unspecified atom stereocenters. The average molecular weight is 365 g/mol. The van der Waals surface area contributed by atoms with Crippen LogP contribution in [0.4, 0.5) is 17.3 Å². The number of anilines is 3. The molecule has 1 heterocycles. The number of methoxy groups -OCH3 is 2. The minimum absolute atomic E-state index is 0.351. The molecule has 0 saturated carbocycles. The van der Waals surface area contributed by atoms with E-state index in [1.165, 1.54) is 6.33 Å². The van der Waals surface area contributed by atoms with E-state index in [1.54, 1.807) is 14.2 Å². The molecule has 0 bridgehead atoms. The Morgan fingerprint density at radius 3 is 1.52 bits per heavy atom. The lowest BCUT2D eigenvalue weighted by atomic mass is 10.1. The molecule has 0 aliphatic heterocycles. The van der Waals surface area contributed by atoms with E-state index in [0.717, 1.165) is 22.6 Å². The van der Waals surface area contributed by atoms with Crippen molar-refractivity contribution in [2.45, 2.75) is 13.1 Å². The molecule has 0 atom stereocenters. The number of aromatic nitrogens is 2. The zero-order chi connectivity index (χ0) is 19.2. The van der Waals surface area contributed by atoms with Gasteiger partial charge in [0, 0.05) is 13.1 Å². The highest BCUT2D eigenvalue weighted by molar-refractivity contribution is 5.75. The first-order valence-electron chi connectivity index (χ1n) is 8.47. The van der Waals surface area contributed by atoms with Gasteiger partial charge in [-0.15, -0.1) is 0 Å². The van der Waals surface area contributed by atoms with E-state index in [1.807, 2.05) is 48.5 Å². The first-order valence-corrected chi connectivity index (χ1v) is 8.47. The van der Waals surface area contributed by atoms with Crippen LogP contribution in [0, 0.1) is 0 Å². The summed E-state index contributed by atoms with van der Waals surface area (Å²) in [6, 6.07) is 15.7.